The molecular formula is C23H32N2O4. The number of ether oxygens (including phenoxy) is 2. The average Bonchev–Trinajstić information content (AvgIpc) is 2.83. The summed E-state index contributed by atoms with van der Waals surface area (Å²) >= 11 is 0. The fourth-order valence-corrected chi connectivity index (χ4v) is 3.78. The van der Waals surface area contributed by atoms with Gasteiger partial charge in [0.15, 0.2) is 0 Å². The van der Waals surface area contributed by atoms with Crippen LogP contribution in [0.5, 0.6) is 5.88 Å². The van der Waals surface area contributed by atoms with Crippen LogP contribution in [0, 0.1) is 12.3 Å². The Morgan fingerprint density at radius 3 is 2.34 bits per heavy atom. The fourth-order valence-electron chi connectivity index (χ4n) is 3.78. The molecule has 2 aromatic rings. The number of carbonyl (C=O) groups is 1. The maximum Gasteiger partial charge on any atom is 0.317 e. The van der Waals surface area contributed by atoms with E-state index in [-0.39, 0.29) is 23.5 Å². The lowest BCUT2D eigenvalue weighted by Gasteiger charge is -2.24. The number of carbonyl (C=O) groups excluding carboxylic acids is 1. The van der Waals surface area contributed by atoms with Crippen LogP contribution in [0.4, 0.5) is 0 Å². The van der Waals surface area contributed by atoms with Gasteiger partial charge in [0.25, 0.3) is 5.56 Å². The van der Waals surface area contributed by atoms with Crippen molar-refractivity contribution >= 4 is 5.97 Å². The maximum absolute atomic E-state index is 12.6. The van der Waals surface area contributed by atoms with Crippen LogP contribution in [0.15, 0.2) is 23.0 Å². The monoisotopic (exact) mass is 400 g/mol. The average molecular weight is 401 g/mol. The zero-order valence-electron chi connectivity index (χ0n) is 18.4. The van der Waals surface area contributed by atoms with Gasteiger partial charge in [0.1, 0.15) is 6.04 Å². The van der Waals surface area contributed by atoms with Crippen LogP contribution in [0.25, 0.3) is 0 Å². The first-order valence-corrected chi connectivity index (χ1v) is 10.4. The first kappa shape index (κ1) is 21.4. The molecule has 0 radical (unpaired) electrons. The van der Waals surface area contributed by atoms with E-state index in [0.717, 1.165) is 18.4 Å². The molecule has 158 valence electrons. The minimum atomic E-state index is -0.663. The summed E-state index contributed by atoms with van der Waals surface area (Å²) in [6.07, 6.45) is 1.87. The van der Waals surface area contributed by atoms with Crippen LogP contribution >= 0.6 is 0 Å². The SMILES string of the molecule is CCc1cc(C2COCCn3c(=O)cc(OC(=O)C(C)(C)C)n32)cc(CC)c1C. The van der Waals surface area contributed by atoms with Gasteiger partial charge in [-0.3, -0.25) is 9.59 Å². The molecule has 1 unspecified atom stereocenters. The third-order valence-corrected chi connectivity index (χ3v) is 5.61. The molecule has 0 saturated carbocycles. The van der Waals surface area contributed by atoms with Gasteiger partial charge < -0.3 is 9.47 Å². The van der Waals surface area contributed by atoms with Crippen molar-refractivity contribution in [2.75, 3.05) is 13.2 Å². The van der Waals surface area contributed by atoms with Crippen molar-refractivity contribution in [1.82, 2.24) is 9.36 Å². The quantitative estimate of drug-likeness (QED) is 0.735. The number of aryl methyl sites for hydroxylation is 2. The van der Waals surface area contributed by atoms with E-state index in [9.17, 15) is 9.59 Å². The molecule has 0 amide bonds. The Balaban J connectivity index is 2.15. The molecule has 0 bridgehead atoms. The zero-order valence-corrected chi connectivity index (χ0v) is 18.4. The minimum Gasteiger partial charge on any atom is -0.407 e. The Hall–Kier alpha value is -2.34. The van der Waals surface area contributed by atoms with E-state index in [0.29, 0.717) is 19.8 Å². The Morgan fingerprint density at radius 2 is 1.79 bits per heavy atom. The summed E-state index contributed by atoms with van der Waals surface area (Å²) < 4.78 is 15.0. The van der Waals surface area contributed by atoms with Crippen molar-refractivity contribution in [2.45, 2.75) is 67.0 Å². The second kappa shape index (κ2) is 8.19. The minimum absolute atomic E-state index is 0.184. The van der Waals surface area contributed by atoms with Crippen molar-refractivity contribution in [3.05, 3.63) is 50.8 Å². The zero-order chi connectivity index (χ0) is 21.3. The molecule has 0 spiro atoms. The molecule has 29 heavy (non-hydrogen) atoms. The maximum atomic E-state index is 12.6. The highest BCUT2D eigenvalue weighted by Crippen LogP contribution is 2.30. The van der Waals surface area contributed by atoms with Crippen molar-refractivity contribution in [3.63, 3.8) is 0 Å². The molecule has 1 aromatic heterocycles. The van der Waals surface area contributed by atoms with E-state index in [1.54, 1.807) is 25.5 Å². The number of hydrogen-bond acceptors (Lipinski definition) is 4. The van der Waals surface area contributed by atoms with Crippen LogP contribution in [0.2, 0.25) is 0 Å². The summed E-state index contributed by atoms with van der Waals surface area (Å²) in [7, 11) is 0. The van der Waals surface area contributed by atoms with Gasteiger partial charge in [-0.25, -0.2) is 9.36 Å². The van der Waals surface area contributed by atoms with Gasteiger partial charge in [0, 0.05) is 0 Å². The molecule has 6 nitrogen and oxygen atoms in total. The van der Waals surface area contributed by atoms with Crippen molar-refractivity contribution < 1.29 is 14.3 Å². The topological polar surface area (TPSA) is 62.5 Å². The lowest BCUT2D eigenvalue weighted by molar-refractivity contribution is -0.143. The van der Waals surface area contributed by atoms with Gasteiger partial charge in [-0.2, -0.15) is 0 Å². The first-order valence-electron chi connectivity index (χ1n) is 10.4. The highest BCUT2D eigenvalue weighted by atomic mass is 16.5. The number of nitrogens with zero attached hydrogens (tertiary/aromatic N) is 2. The van der Waals surface area contributed by atoms with Crippen LogP contribution < -0.4 is 10.3 Å². The molecular weight excluding hydrogens is 368 g/mol. The molecule has 1 aliphatic heterocycles. The van der Waals surface area contributed by atoms with Crippen LogP contribution in [0.1, 0.15) is 62.9 Å². The van der Waals surface area contributed by atoms with E-state index < -0.39 is 5.41 Å². The summed E-state index contributed by atoms with van der Waals surface area (Å²) in [6, 6.07) is 5.56. The van der Waals surface area contributed by atoms with E-state index >= 15 is 0 Å². The number of fused-ring (bicyclic) bond motifs is 1. The molecule has 2 heterocycles. The Morgan fingerprint density at radius 1 is 1.17 bits per heavy atom. The summed E-state index contributed by atoms with van der Waals surface area (Å²) in [6.45, 7) is 13.2. The second-order valence-corrected chi connectivity index (χ2v) is 8.69. The molecule has 3 rings (SSSR count). The Bertz CT molecular complexity index is 937. The summed E-state index contributed by atoms with van der Waals surface area (Å²) in [5.74, 6) is -0.0863. The molecule has 0 N–H and O–H groups in total. The predicted molar refractivity (Wildman–Crippen MR) is 113 cm³/mol. The Kier molecular flexibility index (Phi) is 6.03. The van der Waals surface area contributed by atoms with E-state index in [1.807, 2.05) is 4.68 Å². The standard InChI is InChI=1S/C23H32N2O4/c1-7-16-11-18(12-17(8-2)15(16)3)19-14-28-10-9-24-20(26)13-21(25(19)24)29-22(27)23(4,5)6/h11-13,19H,7-10,14H2,1-6H3. The fraction of sp³-hybridized carbons (Fsp3) is 0.565. The molecule has 0 fully saturated rings. The number of benzene rings is 1. The lowest BCUT2D eigenvalue weighted by Crippen LogP contribution is -2.30. The van der Waals surface area contributed by atoms with Crippen LogP contribution in [-0.4, -0.2) is 28.5 Å². The van der Waals surface area contributed by atoms with Gasteiger partial charge in [0.05, 0.1) is 31.2 Å². The highest BCUT2D eigenvalue weighted by Gasteiger charge is 2.30. The van der Waals surface area contributed by atoms with Crippen molar-refractivity contribution in [2.24, 2.45) is 5.41 Å². The van der Waals surface area contributed by atoms with Gasteiger partial charge in [-0.15, -0.1) is 0 Å². The smallest absolute Gasteiger partial charge is 0.317 e. The van der Waals surface area contributed by atoms with Crippen LogP contribution in [-0.2, 0) is 28.9 Å². The summed E-state index contributed by atoms with van der Waals surface area (Å²) in [5, 5.41) is 0. The molecule has 0 aliphatic carbocycles. The van der Waals surface area contributed by atoms with Gasteiger partial charge in [0.2, 0.25) is 5.88 Å². The third kappa shape index (κ3) is 4.17. The lowest BCUT2D eigenvalue weighted by atomic mass is 9.93. The van der Waals surface area contributed by atoms with E-state index in [1.165, 1.54) is 22.8 Å². The number of hydrogen-bond donors (Lipinski definition) is 0. The summed E-state index contributed by atoms with van der Waals surface area (Å²) in [5.41, 5.74) is 4.12. The van der Waals surface area contributed by atoms with Crippen molar-refractivity contribution in [1.29, 1.82) is 0 Å². The molecule has 1 aliphatic rings. The summed E-state index contributed by atoms with van der Waals surface area (Å²) in [4.78, 5) is 25.2. The van der Waals surface area contributed by atoms with Gasteiger partial charge >= 0.3 is 5.97 Å². The second-order valence-electron chi connectivity index (χ2n) is 8.69. The largest absolute Gasteiger partial charge is 0.407 e. The molecule has 1 atom stereocenters. The van der Waals surface area contributed by atoms with Gasteiger partial charge in [-0.05, 0) is 62.8 Å². The van der Waals surface area contributed by atoms with Gasteiger partial charge in [-0.1, -0.05) is 26.0 Å². The molecule has 1 aromatic carbocycles. The third-order valence-electron chi connectivity index (χ3n) is 5.61. The first-order chi connectivity index (χ1) is 13.7. The Labute approximate surface area is 172 Å². The van der Waals surface area contributed by atoms with E-state index in [4.69, 9.17) is 9.47 Å². The van der Waals surface area contributed by atoms with Crippen molar-refractivity contribution in [3.8, 4) is 5.88 Å². The highest BCUT2D eigenvalue weighted by molar-refractivity contribution is 5.77. The molecule has 0 saturated heterocycles. The van der Waals surface area contributed by atoms with E-state index in [2.05, 4.69) is 32.9 Å². The molecule has 6 heteroatoms. The number of esters is 1. The predicted octanol–water partition coefficient (Wildman–Crippen LogP) is 3.65. The van der Waals surface area contributed by atoms with Crippen LogP contribution in [0.3, 0.4) is 0 Å². The number of aromatic nitrogens is 2. The normalized spacial score (nSPS) is 17.0. The number of rotatable bonds is 4.